The first kappa shape index (κ1) is 15.4. The molecule has 5 nitrogen and oxygen atoms in total. The summed E-state index contributed by atoms with van der Waals surface area (Å²) in [7, 11) is 0. The second-order valence-corrected chi connectivity index (χ2v) is 5.13. The van der Waals surface area contributed by atoms with E-state index in [4.69, 9.17) is 0 Å². The molecule has 0 aromatic heterocycles. The van der Waals surface area contributed by atoms with Crippen LogP contribution in [0.25, 0.3) is 11.1 Å². The van der Waals surface area contributed by atoms with Crippen LogP contribution in [0.2, 0.25) is 0 Å². The fourth-order valence-electron chi connectivity index (χ4n) is 2.32. The zero-order valence-corrected chi connectivity index (χ0v) is 12.8. The van der Waals surface area contributed by atoms with E-state index in [-0.39, 0.29) is 5.69 Å². The summed E-state index contributed by atoms with van der Waals surface area (Å²) in [5, 5.41) is 15.0. The van der Waals surface area contributed by atoms with Crippen molar-refractivity contribution in [2.45, 2.75) is 0 Å². The molecule has 0 fully saturated rings. The molecule has 3 aromatic carbocycles. The van der Waals surface area contributed by atoms with Crippen molar-refractivity contribution in [3.63, 3.8) is 0 Å². The average Bonchev–Trinajstić information content (AvgIpc) is 2.63. The Morgan fingerprint density at radius 2 is 1.54 bits per heavy atom. The van der Waals surface area contributed by atoms with Crippen LogP contribution in [0.4, 0.5) is 11.4 Å². The van der Waals surface area contributed by atoms with Crippen molar-refractivity contribution in [3.8, 4) is 11.1 Å². The number of hydrogen-bond donors (Lipinski definition) is 1. The first-order valence-electron chi connectivity index (χ1n) is 7.42. The number of nitrogens with one attached hydrogen (secondary N) is 1. The van der Waals surface area contributed by atoms with Crippen molar-refractivity contribution in [3.05, 3.63) is 94.5 Å². The van der Waals surface area contributed by atoms with Gasteiger partial charge in [-0.25, -0.2) is 0 Å². The molecule has 0 aliphatic carbocycles. The van der Waals surface area contributed by atoms with Crippen molar-refractivity contribution in [2.75, 3.05) is 5.43 Å². The Morgan fingerprint density at radius 3 is 2.25 bits per heavy atom. The second kappa shape index (κ2) is 7.19. The van der Waals surface area contributed by atoms with Crippen molar-refractivity contribution in [2.24, 2.45) is 5.10 Å². The van der Waals surface area contributed by atoms with Crippen LogP contribution in [0.15, 0.2) is 84.0 Å². The molecule has 0 radical (unpaired) electrons. The van der Waals surface area contributed by atoms with Gasteiger partial charge in [0.15, 0.2) is 0 Å². The molecule has 118 valence electrons. The molecule has 0 bridgehead atoms. The van der Waals surface area contributed by atoms with E-state index in [9.17, 15) is 10.1 Å². The van der Waals surface area contributed by atoms with Gasteiger partial charge in [-0.3, -0.25) is 15.5 Å². The molecule has 3 rings (SSSR count). The molecule has 0 unspecified atom stereocenters. The number of benzene rings is 3. The molecule has 0 amide bonds. The minimum atomic E-state index is -0.402. The van der Waals surface area contributed by atoms with Gasteiger partial charge in [-0.2, -0.15) is 5.10 Å². The first-order valence-corrected chi connectivity index (χ1v) is 7.42. The Bertz CT molecular complexity index is 859. The van der Waals surface area contributed by atoms with Gasteiger partial charge < -0.3 is 0 Å². The molecule has 0 saturated heterocycles. The summed E-state index contributed by atoms with van der Waals surface area (Å²) in [6, 6.07) is 23.9. The Labute approximate surface area is 139 Å². The standard InChI is InChI=1S/C19H15N3O2/c23-22(24)18-12-10-15(11-13-18)19-9-5-4-6-16(19)14-20-21-17-7-2-1-3-8-17/h1-14,21H. The highest BCUT2D eigenvalue weighted by Gasteiger charge is 2.07. The third kappa shape index (κ3) is 3.64. The molecule has 24 heavy (non-hydrogen) atoms. The van der Waals surface area contributed by atoms with Crippen molar-refractivity contribution in [1.29, 1.82) is 0 Å². The number of hydrogen-bond acceptors (Lipinski definition) is 4. The molecule has 0 heterocycles. The molecule has 0 saturated carbocycles. The SMILES string of the molecule is O=[N+]([O-])c1ccc(-c2ccccc2C=NNc2ccccc2)cc1. The smallest absolute Gasteiger partial charge is 0.269 e. The zero-order valence-electron chi connectivity index (χ0n) is 12.8. The number of rotatable bonds is 5. The number of nitro groups is 1. The van der Waals surface area contributed by atoms with E-state index in [0.29, 0.717) is 0 Å². The molecule has 0 atom stereocenters. The maximum Gasteiger partial charge on any atom is 0.269 e. The van der Waals surface area contributed by atoms with Gasteiger partial charge in [-0.15, -0.1) is 0 Å². The average molecular weight is 317 g/mol. The van der Waals surface area contributed by atoms with Gasteiger partial charge in [-0.1, -0.05) is 42.5 Å². The Hall–Kier alpha value is -3.47. The van der Waals surface area contributed by atoms with Crippen molar-refractivity contribution in [1.82, 2.24) is 0 Å². The van der Waals surface area contributed by atoms with Crippen LogP contribution in [0.3, 0.4) is 0 Å². The summed E-state index contributed by atoms with van der Waals surface area (Å²) in [4.78, 5) is 10.4. The third-order valence-corrected chi connectivity index (χ3v) is 3.52. The predicted molar refractivity (Wildman–Crippen MR) is 96.2 cm³/mol. The monoisotopic (exact) mass is 317 g/mol. The quantitative estimate of drug-likeness (QED) is 0.421. The van der Waals surface area contributed by atoms with Gasteiger partial charge in [-0.05, 0) is 35.4 Å². The van der Waals surface area contributed by atoms with E-state index in [1.54, 1.807) is 18.3 Å². The molecule has 0 aliphatic heterocycles. The molecule has 1 N–H and O–H groups in total. The van der Waals surface area contributed by atoms with Crippen LogP contribution in [0.5, 0.6) is 0 Å². The molecule has 0 spiro atoms. The van der Waals surface area contributed by atoms with Crippen molar-refractivity contribution < 1.29 is 4.92 Å². The van der Waals surface area contributed by atoms with Crippen LogP contribution in [0, 0.1) is 10.1 Å². The number of nitro benzene ring substituents is 1. The Balaban J connectivity index is 1.83. The summed E-state index contributed by atoms with van der Waals surface area (Å²) in [6.07, 6.45) is 1.74. The van der Waals surface area contributed by atoms with Crippen molar-refractivity contribution >= 4 is 17.6 Å². The lowest BCUT2D eigenvalue weighted by molar-refractivity contribution is -0.384. The first-order chi connectivity index (χ1) is 11.7. The van der Waals surface area contributed by atoms with Gasteiger partial charge >= 0.3 is 0 Å². The van der Waals surface area contributed by atoms with E-state index >= 15 is 0 Å². The highest BCUT2D eigenvalue weighted by atomic mass is 16.6. The lowest BCUT2D eigenvalue weighted by Gasteiger charge is -2.06. The Kier molecular flexibility index (Phi) is 4.62. The normalized spacial score (nSPS) is 10.7. The predicted octanol–water partition coefficient (Wildman–Crippen LogP) is 4.71. The number of hydrazone groups is 1. The van der Waals surface area contributed by atoms with Crippen LogP contribution in [0.1, 0.15) is 5.56 Å². The summed E-state index contributed by atoms with van der Waals surface area (Å²) in [6.45, 7) is 0. The topological polar surface area (TPSA) is 67.5 Å². The number of para-hydroxylation sites is 1. The van der Waals surface area contributed by atoms with E-state index < -0.39 is 4.92 Å². The van der Waals surface area contributed by atoms with E-state index in [1.807, 2.05) is 54.6 Å². The van der Waals surface area contributed by atoms with E-state index in [0.717, 1.165) is 22.4 Å². The zero-order chi connectivity index (χ0) is 16.8. The molecule has 5 heteroatoms. The third-order valence-electron chi connectivity index (χ3n) is 3.52. The number of anilines is 1. The van der Waals surface area contributed by atoms with Gasteiger partial charge in [0.25, 0.3) is 5.69 Å². The maximum absolute atomic E-state index is 10.8. The summed E-state index contributed by atoms with van der Waals surface area (Å²) < 4.78 is 0. The maximum atomic E-state index is 10.8. The highest BCUT2D eigenvalue weighted by Crippen LogP contribution is 2.25. The highest BCUT2D eigenvalue weighted by molar-refractivity contribution is 5.90. The Morgan fingerprint density at radius 1 is 0.875 bits per heavy atom. The molecular weight excluding hydrogens is 302 g/mol. The molecular formula is C19H15N3O2. The van der Waals surface area contributed by atoms with Gasteiger partial charge in [0.1, 0.15) is 0 Å². The molecule has 0 aliphatic rings. The second-order valence-electron chi connectivity index (χ2n) is 5.13. The lowest BCUT2D eigenvalue weighted by Crippen LogP contribution is -1.93. The van der Waals surface area contributed by atoms with E-state index in [2.05, 4.69) is 10.5 Å². The fraction of sp³-hybridized carbons (Fsp3) is 0. The lowest BCUT2D eigenvalue weighted by atomic mass is 10.0. The van der Waals surface area contributed by atoms with Crippen LogP contribution in [-0.2, 0) is 0 Å². The minimum absolute atomic E-state index is 0.0793. The number of nitrogens with zero attached hydrogens (tertiary/aromatic N) is 2. The van der Waals surface area contributed by atoms with Gasteiger partial charge in [0.05, 0.1) is 16.8 Å². The van der Waals surface area contributed by atoms with Gasteiger partial charge in [0.2, 0.25) is 0 Å². The van der Waals surface area contributed by atoms with Crippen LogP contribution < -0.4 is 5.43 Å². The summed E-state index contributed by atoms with van der Waals surface area (Å²) in [5.41, 5.74) is 6.75. The largest absolute Gasteiger partial charge is 0.279 e. The fourth-order valence-corrected chi connectivity index (χ4v) is 2.32. The molecule has 3 aromatic rings. The number of non-ortho nitro benzene ring substituents is 1. The van der Waals surface area contributed by atoms with Gasteiger partial charge in [0, 0.05) is 17.7 Å². The minimum Gasteiger partial charge on any atom is -0.279 e. The summed E-state index contributed by atoms with van der Waals surface area (Å²) >= 11 is 0. The van der Waals surface area contributed by atoms with Crippen LogP contribution in [-0.4, -0.2) is 11.1 Å². The van der Waals surface area contributed by atoms with E-state index in [1.165, 1.54) is 12.1 Å². The summed E-state index contributed by atoms with van der Waals surface area (Å²) in [5.74, 6) is 0. The van der Waals surface area contributed by atoms with Crippen LogP contribution >= 0.6 is 0 Å².